The minimum absolute atomic E-state index is 0.0123. The zero-order chi connectivity index (χ0) is 75.8. The second kappa shape index (κ2) is 31.4. The molecule has 29 heteroatoms. The van der Waals surface area contributed by atoms with Crippen LogP contribution in [0, 0.1) is 38.0 Å². The molecule has 566 valence electrons. The van der Waals surface area contributed by atoms with Crippen molar-refractivity contribution in [1.82, 2.24) is 46.3 Å². The molecule has 14 rings (SSSR count). The number of urea groups is 1. The van der Waals surface area contributed by atoms with Gasteiger partial charge in [0.15, 0.2) is 17.0 Å². The lowest BCUT2D eigenvalue weighted by Crippen LogP contribution is -2.70. The van der Waals surface area contributed by atoms with Gasteiger partial charge in [-0.05, 0) is 124 Å². The standard InChI is InChI=1S/C77H96N12O15S2/c1-40(2)60(85-55(91)22-13-12-18-28-88-56(92)31-54(71(88)95)106-75(7,8)9)70(94)84-52(21-16-17-27-80-73(79)97)69(93)82-47-25-23-45(24-26-47)34-101-74(98)81-33-48-30-50-49-19-14-15-20-51(49)83-68(50)77(86-48)38-105-67-59-58(66-65(102-39-103-66)43(5)64(59)104-44(6)90)53(35-100-72(77)96)89-62(67)61-57-42(4)63(99-11)41(3)29-46(57)32-76(89,36-78)37-87(61)10/h14-15,19-20,23-26,29,40,48,52-54,60-62,67,83,86H,12-13,16-18,21-22,27-28,30-35,37-39H2,1-11H3,(H,81,98)(H,82,93)(H,84,94)(H,85,91)(H3,79,80,97)/t48-,52+,53+,54?,60+,61?,62-,67-,76?,77-/m1/s1. The molecule has 27 nitrogen and oxygen atoms in total. The summed E-state index contributed by atoms with van der Waals surface area (Å²) in [5, 5.41) is 29.5. The predicted octanol–water partition coefficient (Wildman–Crippen LogP) is 8.28. The van der Waals surface area contributed by atoms with Crippen LogP contribution in [0.4, 0.5) is 15.3 Å². The summed E-state index contributed by atoms with van der Waals surface area (Å²) in [6.45, 7) is 17.3. The molecule has 9 aliphatic rings. The van der Waals surface area contributed by atoms with Crippen LogP contribution in [0.2, 0.25) is 0 Å². The van der Waals surface area contributed by atoms with Gasteiger partial charge in [0.25, 0.3) is 0 Å². The average molecular weight is 1490 g/mol. The van der Waals surface area contributed by atoms with Crippen molar-refractivity contribution in [2.24, 2.45) is 11.7 Å². The number of nitriles is 1. The number of hydrogen-bond donors (Lipinski definition) is 8. The highest BCUT2D eigenvalue weighted by molar-refractivity contribution is 8.02. The highest BCUT2D eigenvalue weighted by Crippen LogP contribution is 2.65. The Morgan fingerprint density at radius 3 is 2.36 bits per heavy atom. The molecule has 4 bridgehead atoms. The Morgan fingerprint density at radius 1 is 0.887 bits per heavy atom. The lowest BCUT2D eigenvalue weighted by molar-refractivity contribution is -0.158. The van der Waals surface area contributed by atoms with Gasteiger partial charge < -0.3 is 65.7 Å². The van der Waals surface area contributed by atoms with Crippen LogP contribution in [-0.2, 0) is 68.0 Å². The molecule has 0 radical (unpaired) electrons. The third-order valence-electron chi connectivity index (χ3n) is 21.3. The first-order valence-corrected chi connectivity index (χ1v) is 38.3. The number of aromatic nitrogens is 1. The van der Waals surface area contributed by atoms with Crippen molar-refractivity contribution >= 4 is 93.7 Å². The number of methoxy groups -OCH3 is 1. The van der Waals surface area contributed by atoms with Crippen LogP contribution in [0.3, 0.4) is 0 Å². The number of nitrogens with one attached hydrogen (secondary N) is 7. The normalized spacial score (nSPS) is 24.0. The highest BCUT2D eigenvalue weighted by atomic mass is 32.2. The van der Waals surface area contributed by atoms with Gasteiger partial charge in [0.2, 0.25) is 36.3 Å². The van der Waals surface area contributed by atoms with Gasteiger partial charge in [-0.25, -0.2) is 14.4 Å². The Morgan fingerprint density at radius 2 is 1.64 bits per heavy atom. The molecule has 3 saturated heterocycles. The number of primary amides is 1. The summed E-state index contributed by atoms with van der Waals surface area (Å²) in [5.74, 6) is -1.33. The van der Waals surface area contributed by atoms with Crippen molar-refractivity contribution in [1.29, 1.82) is 5.26 Å². The van der Waals surface area contributed by atoms with E-state index in [9.17, 15) is 43.6 Å². The molecule has 8 amide bonds. The van der Waals surface area contributed by atoms with Gasteiger partial charge in [-0.15, -0.1) is 23.5 Å². The van der Waals surface area contributed by atoms with Gasteiger partial charge in [-0.1, -0.05) is 77.4 Å². The van der Waals surface area contributed by atoms with E-state index in [4.69, 9.17) is 34.2 Å². The van der Waals surface area contributed by atoms with Crippen LogP contribution in [-0.4, -0.2) is 172 Å². The summed E-state index contributed by atoms with van der Waals surface area (Å²) in [4.78, 5) is 131. The maximum absolute atomic E-state index is 15.9. The maximum atomic E-state index is 15.9. The number of unbranched alkanes of at least 4 members (excludes halogenated alkanes) is 3. The van der Waals surface area contributed by atoms with Crippen molar-refractivity contribution in [2.75, 3.05) is 64.8 Å². The molecular weight excluding hydrogens is 1400 g/mol. The predicted molar refractivity (Wildman–Crippen MR) is 398 cm³/mol. The number of benzene rings is 4. The van der Waals surface area contributed by atoms with Gasteiger partial charge in [0.1, 0.15) is 42.3 Å². The summed E-state index contributed by atoms with van der Waals surface area (Å²) in [7, 11) is 3.71. The molecule has 106 heavy (non-hydrogen) atoms. The second-order valence-electron chi connectivity index (χ2n) is 30.2. The van der Waals surface area contributed by atoms with Gasteiger partial charge in [-0.3, -0.25) is 48.8 Å². The number of hydrogen-bond acceptors (Lipinski definition) is 21. The van der Waals surface area contributed by atoms with E-state index in [1.165, 1.54) is 35.3 Å². The van der Waals surface area contributed by atoms with Gasteiger partial charge in [0.05, 0.1) is 41.5 Å². The molecule has 3 fully saturated rings. The number of rotatable bonds is 24. The van der Waals surface area contributed by atoms with E-state index in [1.807, 2.05) is 65.9 Å². The number of amides is 8. The Bertz CT molecular complexity index is 4340. The number of aryl methyl sites for hydroxylation is 1. The van der Waals surface area contributed by atoms with Crippen molar-refractivity contribution < 1.29 is 71.6 Å². The van der Waals surface area contributed by atoms with Crippen LogP contribution >= 0.6 is 23.5 Å². The fraction of sp³-hybridized carbons (Fsp3) is 0.532. The summed E-state index contributed by atoms with van der Waals surface area (Å²) < 4.78 is 37.5. The molecule has 1 spiro atoms. The van der Waals surface area contributed by atoms with Gasteiger partial charge in [-0.2, -0.15) is 5.26 Å². The van der Waals surface area contributed by atoms with Crippen molar-refractivity contribution in [3.63, 3.8) is 0 Å². The Labute approximate surface area is 625 Å². The number of aromatic amines is 1. The number of carbonyl (C=O) groups is 9. The molecule has 0 aliphatic carbocycles. The molecular formula is C77H96N12O15S2. The SMILES string of the molecule is COc1c(C)cc2c(c1C)C1[C@@H]3[C@@H]4SC[C@]5(N[C@@H](CNC(=O)OCc6ccc(NC(=O)[C@H](CCCCNC(N)=O)NC(=O)[C@@H](NC(=O)CCCCCN7C(=O)CC(SC(C)(C)C)C7=O)C(C)C)cc6)Cc6c5[nH]c5ccccc65)C(=O)OC[C@@H](c5c6c(c(C)c(OC(C)=O)c54)OCO6)N3C(C#N)(C2)CN1C. The van der Waals surface area contributed by atoms with E-state index in [2.05, 4.69) is 65.7 Å². The number of imide groups is 1. The summed E-state index contributed by atoms with van der Waals surface area (Å²) in [5.41, 5.74) is 11.6. The van der Waals surface area contributed by atoms with Crippen LogP contribution < -0.4 is 56.6 Å². The molecule has 10 heterocycles. The number of likely N-dealkylation sites (N-methyl/N-ethyl adjacent to an activating group) is 1. The number of piperazine rings is 1. The fourth-order valence-electron chi connectivity index (χ4n) is 16.8. The molecule has 1 aromatic heterocycles. The number of ether oxygens (including phenoxy) is 6. The number of nitrogens with two attached hydrogens (primary N) is 1. The first-order valence-electron chi connectivity index (χ1n) is 36.4. The molecule has 9 N–H and O–H groups in total. The topological polar surface area (TPSA) is 357 Å². The van der Waals surface area contributed by atoms with Crippen LogP contribution in [0.5, 0.6) is 23.0 Å². The van der Waals surface area contributed by atoms with Crippen LogP contribution in [0.15, 0.2) is 54.6 Å². The smallest absolute Gasteiger partial charge is 0.407 e. The lowest BCUT2D eigenvalue weighted by atomic mass is 9.76. The zero-order valence-electron chi connectivity index (χ0n) is 61.9. The van der Waals surface area contributed by atoms with E-state index in [1.54, 1.807) is 45.2 Å². The third kappa shape index (κ3) is 15.3. The van der Waals surface area contributed by atoms with E-state index >= 15 is 4.79 Å². The Balaban J connectivity index is 0.730. The zero-order valence-corrected chi connectivity index (χ0v) is 63.6. The molecule has 4 unspecified atom stereocenters. The van der Waals surface area contributed by atoms with Crippen LogP contribution in [0.25, 0.3) is 10.9 Å². The minimum atomic E-state index is -1.58. The molecule has 11 atom stereocenters. The fourth-order valence-corrected chi connectivity index (χ4v) is 19.7. The molecule has 5 aromatic rings. The van der Waals surface area contributed by atoms with Gasteiger partial charge >= 0.3 is 24.1 Å². The van der Waals surface area contributed by atoms with Crippen molar-refractivity contribution in [3.05, 3.63) is 110 Å². The quantitative estimate of drug-likeness (QED) is 0.0125. The van der Waals surface area contributed by atoms with E-state index < -0.39 is 87.7 Å². The first kappa shape index (κ1) is 76.6. The van der Waals surface area contributed by atoms with E-state index in [0.717, 1.165) is 44.5 Å². The Kier molecular flexibility index (Phi) is 22.7. The summed E-state index contributed by atoms with van der Waals surface area (Å²) in [6.07, 6.45) is 2.89. The monoisotopic (exact) mass is 1490 g/mol. The number of carbonyl (C=O) groups excluding carboxylic acids is 9. The van der Waals surface area contributed by atoms with E-state index in [-0.39, 0.29) is 99.1 Å². The molecule has 9 aliphatic heterocycles. The minimum Gasteiger partial charge on any atom is -0.496 e. The summed E-state index contributed by atoms with van der Waals surface area (Å²) in [6, 6.07) is 14.4. The lowest BCUT2D eigenvalue weighted by Gasteiger charge is -2.60. The summed E-state index contributed by atoms with van der Waals surface area (Å²) >= 11 is 2.99. The van der Waals surface area contributed by atoms with Gasteiger partial charge in [0, 0.05) is 108 Å². The van der Waals surface area contributed by atoms with Crippen molar-refractivity contribution in [3.8, 4) is 29.1 Å². The number of nitrogens with zero attached hydrogens (tertiary/aromatic N) is 4. The number of fused-ring (bicyclic) bond motifs is 8. The number of esters is 2. The van der Waals surface area contributed by atoms with Crippen LogP contribution in [0.1, 0.15) is 166 Å². The second-order valence-corrected chi connectivity index (χ2v) is 33.3. The van der Waals surface area contributed by atoms with E-state index in [0.29, 0.717) is 102 Å². The highest BCUT2D eigenvalue weighted by Gasteiger charge is 2.64. The number of H-pyrrole nitrogens is 1. The third-order valence-corrected chi connectivity index (χ3v) is 24.1. The number of para-hydroxylation sites is 1. The maximum Gasteiger partial charge on any atom is 0.407 e. The van der Waals surface area contributed by atoms with Crippen molar-refractivity contribution in [2.45, 2.75) is 196 Å². The Hall–Kier alpha value is -9.08. The average Bonchev–Trinajstić information content (AvgIpc) is 1.40. The molecule has 4 aromatic carbocycles. The molecule has 0 saturated carbocycles. The number of anilines is 1. The number of likely N-dealkylation sites (tertiary alicyclic amines) is 1. The largest absolute Gasteiger partial charge is 0.496 e. The number of alkyl carbamates (subject to hydrolysis) is 1. The first-order chi connectivity index (χ1) is 50.5. The number of thioether (sulfide) groups is 2.